The van der Waals surface area contributed by atoms with Crippen LogP contribution in [0.1, 0.15) is 16.9 Å². The highest BCUT2D eigenvalue weighted by Crippen LogP contribution is 2.22. The molecule has 0 bridgehead atoms. The van der Waals surface area contributed by atoms with Gasteiger partial charge in [0.25, 0.3) is 5.91 Å². The van der Waals surface area contributed by atoms with E-state index in [2.05, 4.69) is 41.5 Å². The molecule has 0 saturated carbocycles. The number of nitrogens with two attached hydrogens (primary N) is 1. The molecule has 0 aliphatic carbocycles. The van der Waals surface area contributed by atoms with Gasteiger partial charge >= 0.3 is 0 Å². The van der Waals surface area contributed by atoms with Gasteiger partial charge < -0.3 is 16.4 Å². The first-order chi connectivity index (χ1) is 14.1. The summed E-state index contributed by atoms with van der Waals surface area (Å²) in [6.45, 7) is 2.00. The molecule has 29 heavy (non-hydrogen) atoms. The van der Waals surface area contributed by atoms with Crippen LogP contribution in [0.5, 0.6) is 0 Å². The van der Waals surface area contributed by atoms with Crippen LogP contribution in [0.15, 0.2) is 36.9 Å². The van der Waals surface area contributed by atoms with Crippen molar-refractivity contribution >= 4 is 34.1 Å². The van der Waals surface area contributed by atoms with Gasteiger partial charge in [0.15, 0.2) is 11.5 Å². The number of carbonyl (C=O) groups excluding carboxylic acids is 1. The van der Waals surface area contributed by atoms with E-state index in [0.717, 1.165) is 30.4 Å². The molecule has 1 aliphatic rings. The van der Waals surface area contributed by atoms with Crippen LogP contribution in [0, 0.1) is 11.3 Å². The maximum atomic E-state index is 11.8. The van der Waals surface area contributed by atoms with Crippen LogP contribution in [0.3, 0.4) is 0 Å². The van der Waals surface area contributed by atoms with Crippen LogP contribution in [0.4, 0.5) is 17.3 Å². The molecule has 1 fully saturated rings. The molecule has 0 spiro atoms. The van der Waals surface area contributed by atoms with Gasteiger partial charge in [-0.3, -0.25) is 19.7 Å². The van der Waals surface area contributed by atoms with E-state index in [1.54, 1.807) is 18.6 Å². The normalized spacial score (nSPS) is 16.4. The second-order valence-electron chi connectivity index (χ2n) is 6.76. The Labute approximate surface area is 166 Å². The molecule has 1 saturated heterocycles. The number of aromatic nitrogens is 4. The lowest BCUT2D eigenvalue weighted by Crippen LogP contribution is -2.27. The Kier molecular flexibility index (Phi) is 5.13. The molecule has 0 radical (unpaired) electrons. The predicted molar refractivity (Wildman–Crippen MR) is 107 cm³/mol. The lowest BCUT2D eigenvalue weighted by Gasteiger charge is -2.16. The zero-order chi connectivity index (χ0) is 20.2. The van der Waals surface area contributed by atoms with Crippen molar-refractivity contribution in [2.75, 3.05) is 30.3 Å². The number of hydrogen-bond donors (Lipinski definition) is 3. The van der Waals surface area contributed by atoms with Crippen LogP contribution < -0.4 is 16.4 Å². The SMILES string of the molecule is N#CCN1CCC(Nc2cnc(C(N)=O)c(Nc3cnc4ccncc4c3)n2)C1. The highest BCUT2D eigenvalue weighted by atomic mass is 16.1. The fourth-order valence-electron chi connectivity index (χ4n) is 3.31. The van der Waals surface area contributed by atoms with Gasteiger partial charge in [0.2, 0.25) is 0 Å². The highest BCUT2D eigenvalue weighted by molar-refractivity contribution is 5.96. The van der Waals surface area contributed by atoms with Crippen molar-refractivity contribution in [3.8, 4) is 6.07 Å². The predicted octanol–water partition coefficient (Wildman–Crippen LogP) is 1.27. The third-order valence-electron chi connectivity index (χ3n) is 4.67. The number of hydrogen-bond acceptors (Lipinski definition) is 9. The number of nitrogens with one attached hydrogen (secondary N) is 2. The standard InChI is InChI=1S/C19H19N9O/c20-3-6-28-5-2-13(11-28)25-16-10-24-17(18(21)29)19(27-16)26-14-7-12-8-22-4-1-15(12)23-9-14/h1,4,7-10,13H,2,5-6,11H2,(H2,21,29)(H2,25,26,27). The Morgan fingerprint density at radius 2 is 2.24 bits per heavy atom. The molecule has 10 nitrogen and oxygen atoms in total. The number of carbonyl (C=O) groups is 1. The first kappa shape index (κ1) is 18.5. The number of amides is 1. The number of primary amides is 1. The minimum atomic E-state index is -0.678. The van der Waals surface area contributed by atoms with E-state index >= 15 is 0 Å². The van der Waals surface area contributed by atoms with Crippen molar-refractivity contribution in [1.29, 1.82) is 5.26 Å². The van der Waals surface area contributed by atoms with Gasteiger partial charge in [-0.1, -0.05) is 0 Å². The molecule has 4 N–H and O–H groups in total. The Morgan fingerprint density at radius 1 is 1.34 bits per heavy atom. The molecule has 1 atom stereocenters. The molecule has 1 aliphatic heterocycles. The molecule has 1 amide bonds. The first-order valence-corrected chi connectivity index (χ1v) is 9.12. The Balaban J connectivity index is 1.56. The Hall–Kier alpha value is -3.84. The van der Waals surface area contributed by atoms with E-state index in [1.165, 1.54) is 6.20 Å². The van der Waals surface area contributed by atoms with Gasteiger partial charge in [-0.15, -0.1) is 0 Å². The first-order valence-electron chi connectivity index (χ1n) is 9.12. The summed E-state index contributed by atoms with van der Waals surface area (Å²) in [5.41, 5.74) is 6.95. The molecule has 4 heterocycles. The largest absolute Gasteiger partial charge is 0.365 e. The third kappa shape index (κ3) is 4.20. The second kappa shape index (κ2) is 8.04. The second-order valence-corrected chi connectivity index (χ2v) is 6.76. The van der Waals surface area contributed by atoms with Crippen molar-refractivity contribution in [2.45, 2.75) is 12.5 Å². The van der Waals surface area contributed by atoms with E-state index in [0.29, 0.717) is 18.1 Å². The van der Waals surface area contributed by atoms with E-state index in [9.17, 15) is 4.79 Å². The molecule has 146 valence electrons. The van der Waals surface area contributed by atoms with E-state index in [4.69, 9.17) is 11.0 Å². The lowest BCUT2D eigenvalue weighted by molar-refractivity contribution is 0.0996. The third-order valence-corrected chi connectivity index (χ3v) is 4.67. The summed E-state index contributed by atoms with van der Waals surface area (Å²) in [5, 5.41) is 16.1. The zero-order valence-electron chi connectivity index (χ0n) is 15.5. The van der Waals surface area contributed by atoms with Crippen LogP contribution in [0.25, 0.3) is 10.9 Å². The van der Waals surface area contributed by atoms with Crippen molar-refractivity contribution in [3.05, 3.63) is 42.6 Å². The van der Waals surface area contributed by atoms with E-state index < -0.39 is 5.91 Å². The maximum absolute atomic E-state index is 11.8. The van der Waals surface area contributed by atoms with E-state index in [-0.39, 0.29) is 17.6 Å². The van der Waals surface area contributed by atoms with Crippen LogP contribution >= 0.6 is 0 Å². The van der Waals surface area contributed by atoms with Gasteiger partial charge in [0.1, 0.15) is 5.82 Å². The van der Waals surface area contributed by atoms with Crippen molar-refractivity contribution in [2.24, 2.45) is 5.73 Å². The quantitative estimate of drug-likeness (QED) is 0.530. The Morgan fingerprint density at radius 3 is 3.07 bits per heavy atom. The number of anilines is 3. The van der Waals surface area contributed by atoms with Gasteiger partial charge in [0.05, 0.1) is 36.2 Å². The molecule has 3 aromatic rings. The average molecular weight is 389 g/mol. The smallest absolute Gasteiger partial charge is 0.271 e. The van der Waals surface area contributed by atoms with Crippen molar-refractivity contribution in [1.82, 2.24) is 24.8 Å². The minimum Gasteiger partial charge on any atom is -0.365 e. The molecule has 0 aromatic carbocycles. The van der Waals surface area contributed by atoms with Crippen LogP contribution in [-0.4, -0.2) is 56.4 Å². The van der Waals surface area contributed by atoms with Crippen molar-refractivity contribution < 1.29 is 4.79 Å². The average Bonchev–Trinajstić information content (AvgIpc) is 3.15. The molecular formula is C19H19N9O. The number of nitriles is 1. The Bertz CT molecular complexity index is 1090. The summed E-state index contributed by atoms with van der Waals surface area (Å²) >= 11 is 0. The molecule has 1 unspecified atom stereocenters. The van der Waals surface area contributed by atoms with Gasteiger partial charge in [-0.2, -0.15) is 5.26 Å². The minimum absolute atomic E-state index is 0.0411. The number of rotatable bonds is 6. The number of likely N-dealkylation sites (tertiary alicyclic amines) is 1. The maximum Gasteiger partial charge on any atom is 0.271 e. The monoisotopic (exact) mass is 389 g/mol. The summed E-state index contributed by atoms with van der Waals surface area (Å²) in [6, 6.07) is 5.99. The summed E-state index contributed by atoms with van der Waals surface area (Å²) in [4.78, 5) is 31.0. The zero-order valence-corrected chi connectivity index (χ0v) is 15.5. The summed E-state index contributed by atoms with van der Waals surface area (Å²) in [5.74, 6) is 0.0965. The molecule has 4 rings (SSSR count). The number of fused-ring (bicyclic) bond motifs is 1. The van der Waals surface area contributed by atoms with Crippen molar-refractivity contribution in [3.63, 3.8) is 0 Å². The molecule has 3 aromatic heterocycles. The molecular weight excluding hydrogens is 370 g/mol. The van der Waals surface area contributed by atoms with Gasteiger partial charge in [0, 0.05) is 36.9 Å². The summed E-state index contributed by atoms with van der Waals surface area (Å²) in [7, 11) is 0. The highest BCUT2D eigenvalue weighted by Gasteiger charge is 2.23. The van der Waals surface area contributed by atoms with Gasteiger partial charge in [-0.05, 0) is 18.6 Å². The summed E-state index contributed by atoms with van der Waals surface area (Å²) < 4.78 is 0. The fraction of sp³-hybridized carbons (Fsp3) is 0.263. The molecule has 10 heteroatoms. The fourth-order valence-corrected chi connectivity index (χ4v) is 3.31. The lowest BCUT2D eigenvalue weighted by atomic mass is 10.2. The van der Waals surface area contributed by atoms with Gasteiger partial charge in [-0.25, -0.2) is 9.97 Å². The van der Waals surface area contributed by atoms with E-state index in [1.807, 2.05) is 12.1 Å². The number of pyridine rings is 2. The van der Waals surface area contributed by atoms with Crippen LogP contribution in [-0.2, 0) is 0 Å². The topological polar surface area (TPSA) is 146 Å². The summed E-state index contributed by atoms with van der Waals surface area (Å²) in [6.07, 6.45) is 7.41. The van der Waals surface area contributed by atoms with Crippen LogP contribution in [0.2, 0.25) is 0 Å². The number of nitrogens with zero attached hydrogens (tertiary/aromatic N) is 6.